The van der Waals surface area contributed by atoms with Gasteiger partial charge in [-0.15, -0.1) is 11.3 Å². The number of ether oxygens (including phenoxy) is 1. The van der Waals surface area contributed by atoms with Crippen molar-refractivity contribution in [2.45, 2.75) is 32.0 Å². The highest BCUT2D eigenvalue weighted by atomic mass is 32.1. The number of carbonyl (C=O) groups excluding carboxylic acids is 2. The molecule has 0 aliphatic carbocycles. The van der Waals surface area contributed by atoms with Crippen LogP contribution in [0.25, 0.3) is 0 Å². The predicted molar refractivity (Wildman–Crippen MR) is 94.6 cm³/mol. The number of benzene rings is 1. The second-order valence-electron chi connectivity index (χ2n) is 5.79. The van der Waals surface area contributed by atoms with Crippen LogP contribution < -0.4 is 15.6 Å². The third-order valence-corrected chi connectivity index (χ3v) is 4.71. The molecule has 0 unspecified atom stereocenters. The summed E-state index contributed by atoms with van der Waals surface area (Å²) in [5, 5.41) is 10.8. The Kier molecular flexibility index (Phi) is 6.62. The summed E-state index contributed by atoms with van der Waals surface area (Å²) in [4.78, 5) is 27.6. The number of carbonyl (C=O) groups is 2. The molecule has 0 saturated heterocycles. The molecular weight excluding hydrogens is 399 g/mol. The number of nitrogens with zero attached hydrogens (tertiary/aromatic N) is 1. The van der Waals surface area contributed by atoms with Gasteiger partial charge in [-0.2, -0.15) is 13.2 Å². The first kappa shape index (κ1) is 21.6. The Hall–Kier alpha value is -2.66. The number of aliphatic hydroxyl groups is 1. The highest BCUT2D eigenvalue weighted by molar-refractivity contribution is 7.09. The lowest BCUT2D eigenvalue weighted by atomic mass is 9.99. The first-order valence-electron chi connectivity index (χ1n) is 8.10. The predicted octanol–water partition coefficient (Wildman–Crippen LogP) is 2.45. The summed E-state index contributed by atoms with van der Waals surface area (Å²) in [5.41, 5.74) is 0.862. The van der Waals surface area contributed by atoms with Crippen molar-refractivity contribution in [2.75, 3.05) is 6.61 Å². The van der Waals surface area contributed by atoms with Crippen molar-refractivity contribution in [3.63, 3.8) is 0 Å². The highest BCUT2D eigenvalue weighted by Gasteiger charge is 2.58. The molecule has 7 nitrogen and oxygen atoms in total. The zero-order valence-electron chi connectivity index (χ0n) is 15.0. The quantitative estimate of drug-likeness (QED) is 0.627. The van der Waals surface area contributed by atoms with Crippen LogP contribution in [0.3, 0.4) is 0 Å². The number of aromatic nitrogens is 1. The topological polar surface area (TPSA) is 101 Å². The Morgan fingerprint density at radius 3 is 2.36 bits per heavy atom. The van der Waals surface area contributed by atoms with E-state index in [0.29, 0.717) is 23.7 Å². The van der Waals surface area contributed by atoms with Crippen LogP contribution in [-0.2, 0) is 10.4 Å². The van der Waals surface area contributed by atoms with E-state index in [-0.39, 0.29) is 11.3 Å². The summed E-state index contributed by atoms with van der Waals surface area (Å²) in [7, 11) is 0. The number of hydrogen-bond donors (Lipinski definition) is 3. The van der Waals surface area contributed by atoms with E-state index >= 15 is 0 Å². The maximum atomic E-state index is 13.4. The molecule has 1 aromatic heterocycles. The molecule has 28 heavy (non-hydrogen) atoms. The normalized spacial score (nSPS) is 13.5. The van der Waals surface area contributed by atoms with Gasteiger partial charge in [0.05, 0.1) is 13.0 Å². The first-order chi connectivity index (χ1) is 13.1. The van der Waals surface area contributed by atoms with Gasteiger partial charge in [-0.25, -0.2) is 4.98 Å². The number of hydrazine groups is 1. The molecule has 0 spiro atoms. The molecule has 0 radical (unpaired) electrons. The molecule has 3 N–H and O–H groups in total. The SMILES string of the molecule is CCOc1ccc(C(=O)NNC(=O)C[C@](O)(c2nc(C)cs2)C(F)(F)F)cc1. The van der Waals surface area contributed by atoms with Crippen LogP contribution in [0.2, 0.25) is 0 Å². The van der Waals surface area contributed by atoms with Crippen molar-refractivity contribution in [3.05, 3.63) is 45.9 Å². The monoisotopic (exact) mass is 417 g/mol. The number of aryl methyl sites for hydroxylation is 1. The van der Waals surface area contributed by atoms with Crippen molar-refractivity contribution < 1.29 is 32.6 Å². The van der Waals surface area contributed by atoms with Crippen molar-refractivity contribution in [1.82, 2.24) is 15.8 Å². The first-order valence-corrected chi connectivity index (χ1v) is 8.98. The van der Waals surface area contributed by atoms with E-state index in [4.69, 9.17) is 4.74 Å². The minimum Gasteiger partial charge on any atom is -0.494 e. The fraction of sp³-hybridized carbons (Fsp3) is 0.353. The van der Waals surface area contributed by atoms with Gasteiger partial charge in [-0.1, -0.05) is 0 Å². The van der Waals surface area contributed by atoms with Crippen LogP contribution in [0.5, 0.6) is 5.75 Å². The summed E-state index contributed by atoms with van der Waals surface area (Å²) in [5.74, 6) is -1.43. The number of nitrogens with one attached hydrogen (secondary N) is 2. The van der Waals surface area contributed by atoms with Crippen molar-refractivity contribution in [3.8, 4) is 5.75 Å². The van der Waals surface area contributed by atoms with E-state index in [1.54, 1.807) is 6.92 Å². The van der Waals surface area contributed by atoms with Crippen LogP contribution in [0.4, 0.5) is 13.2 Å². The van der Waals surface area contributed by atoms with Gasteiger partial charge < -0.3 is 9.84 Å². The third kappa shape index (κ3) is 4.98. The maximum Gasteiger partial charge on any atom is 0.424 e. The van der Waals surface area contributed by atoms with E-state index in [2.05, 4.69) is 4.98 Å². The summed E-state index contributed by atoms with van der Waals surface area (Å²) < 4.78 is 45.3. The zero-order chi connectivity index (χ0) is 20.9. The van der Waals surface area contributed by atoms with Crippen molar-refractivity contribution >= 4 is 23.2 Å². The molecule has 2 aromatic rings. The Morgan fingerprint density at radius 2 is 1.86 bits per heavy atom. The molecule has 0 saturated carbocycles. The standard InChI is InChI=1S/C17H18F3N3O4S/c1-3-27-12-6-4-11(5-7-12)14(25)23-22-13(24)8-16(26,17(18,19)20)15-21-10(2)9-28-15/h4-7,9,26H,3,8H2,1-2H3,(H,22,24)(H,23,25)/t16-/m0/s1. The Balaban J connectivity index is 2.02. The van der Waals surface area contributed by atoms with Gasteiger partial charge in [0.25, 0.3) is 5.91 Å². The number of rotatable bonds is 6. The van der Waals surface area contributed by atoms with Crippen molar-refractivity contribution in [2.24, 2.45) is 0 Å². The van der Waals surface area contributed by atoms with Crippen LogP contribution in [0, 0.1) is 6.92 Å². The third-order valence-electron chi connectivity index (χ3n) is 3.60. The highest BCUT2D eigenvalue weighted by Crippen LogP contribution is 2.42. The summed E-state index contributed by atoms with van der Waals surface area (Å²) >= 11 is 0.592. The largest absolute Gasteiger partial charge is 0.494 e. The molecule has 1 aromatic carbocycles. The van der Waals surface area contributed by atoms with Crippen LogP contribution in [0.1, 0.15) is 34.4 Å². The van der Waals surface area contributed by atoms with Gasteiger partial charge >= 0.3 is 6.18 Å². The summed E-state index contributed by atoms with van der Waals surface area (Å²) in [6.45, 7) is 3.71. The zero-order valence-corrected chi connectivity index (χ0v) is 15.8. The van der Waals surface area contributed by atoms with E-state index < -0.39 is 35.0 Å². The molecule has 0 fully saturated rings. The van der Waals surface area contributed by atoms with E-state index in [1.807, 2.05) is 10.9 Å². The molecule has 2 rings (SSSR count). The smallest absolute Gasteiger partial charge is 0.424 e. The number of alkyl halides is 3. The van der Waals surface area contributed by atoms with Gasteiger partial charge in [-0.05, 0) is 38.1 Å². The molecule has 152 valence electrons. The average molecular weight is 417 g/mol. The maximum absolute atomic E-state index is 13.4. The second-order valence-corrected chi connectivity index (χ2v) is 6.65. The Bertz CT molecular complexity index is 839. The molecule has 2 amide bonds. The number of thiazole rings is 1. The molecule has 11 heteroatoms. The molecule has 0 bridgehead atoms. The van der Waals surface area contributed by atoms with Crippen molar-refractivity contribution in [1.29, 1.82) is 0 Å². The fourth-order valence-electron chi connectivity index (χ4n) is 2.19. The van der Waals surface area contributed by atoms with Gasteiger partial charge in [0, 0.05) is 16.6 Å². The van der Waals surface area contributed by atoms with Crippen LogP contribution in [-0.4, -0.2) is 34.7 Å². The van der Waals surface area contributed by atoms with E-state index in [9.17, 15) is 27.9 Å². The lowest BCUT2D eigenvalue weighted by molar-refractivity contribution is -0.267. The Labute approximate surface area is 162 Å². The molecule has 1 heterocycles. The molecule has 0 aliphatic heterocycles. The minimum absolute atomic E-state index is 0.158. The molecular formula is C17H18F3N3O4S. The summed E-state index contributed by atoms with van der Waals surface area (Å²) in [6, 6.07) is 5.93. The second kappa shape index (κ2) is 8.57. The van der Waals surface area contributed by atoms with Crippen LogP contribution in [0.15, 0.2) is 29.6 Å². The fourth-order valence-corrected chi connectivity index (χ4v) is 3.10. The lowest BCUT2D eigenvalue weighted by Crippen LogP contribution is -2.49. The van der Waals surface area contributed by atoms with Gasteiger partial charge in [-0.3, -0.25) is 20.4 Å². The average Bonchev–Trinajstić information content (AvgIpc) is 3.06. The van der Waals surface area contributed by atoms with Gasteiger partial charge in [0.2, 0.25) is 11.5 Å². The van der Waals surface area contributed by atoms with E-state index in [1.165, 1.54) is 36.6 Å². The van der Waals surface area contributed by atoms with Crippen LogP contribution >= 0.6 is 11.3 Å². The summed E-state index contributed by atoms with van der Waals surface area (Å²) in [6.07, 6.45) is -6.49. The van der Waals surface area contributed by atoms with Gasteiger partial charge in [0.1, 0.15) is 10.8 Å². The Morgan fingerprint density at radius 1 is 1.21 bits per heavy atom. The number of amides is 2. The molecule has 0 aliphatic rings. The number of hydrogen-bond acceptors (Lipinski definition) is 6. The molecule has 1 atom stereocenters. The van der Waals surface area contributed by atoms with Gasteiger partial charge in [0.15, 0.2) is 0 Å². The van der Waals surface area contributed by atoms with E-state index in [0.717, 1.165) is 0 Å². The number of halogens is 3. The minimum atomic E-state index is -5.13. The lowest BCUT2D eigenvalue weighted by Gasteiger charge is -2.27.